The Morgan fingerprint density at radius 1 is 1.37 bits per heavy atom. The number of aliphatic hydroxyl groups is 1. The number of aliphatic hydroxyl groups excluding tert-OH is 1. The zero-order valence-electron chi connectivity index (χ0n) is 11.7. The maximum Gasteiger partial charge on any atom is 0.111 e. The molecule has 1 aromatic carbocycles. The molecule has 0 aliphatic heterocycles. The normalized spacial score (nSPS) is 12.4. The molecule has 0 saturated heterocycles. The molecule has 0 fully saturated rings. The third kappa shape index (κ3) is 3.15. The molecule has 1 atom stereocenters. The molecule has 2 rings (SSSR count). The first-order chi connectivity index (χ1) is 9.11. The van der Waals surface area contributed by atoms with Crippen molar-refractivity contribution in [3.8, 4) is 0 Å². The van der Waals surface area contributed by atoms with Crippen LogP contribution in [0.2, 0.25) is 0 Å². The topological polar surface area (TPSA) is 41.3 Å². The van der Waals surface area contributed by atoms with Crippen LogP contribution in [-0.2, 0) is 13.0 Å². The van der Waals surface area contributed by atoms with Crippen molar-refractivity contribution < 1.29 is 5.11 Å². The third-order valence-electron chi connectivity index (χ3n) is 3.29. The van der Waals surface area contributed by atoms with E-state index >= 15 is 0 Å². The summed E-state index contributed by atoms with van der Waals surface area (Å²) in [5.74, 6) is 0.922. The minimum Gasteiger partial charge on any atom is -0.388 e. The highest BCUT2D eigenvalue weighted by atomic mass is 16.3. The summed E-state index contributed by atoms with van der Waals surface area (Å²) in [5.41, 5.74) is 2.02. The lowest BCUT2D eigenvalue weighted by Gasteiger charge is -2.16. The zero-order valence-corrected chi connectivity index (χ0v) is 11.7. The van der Waals surface area contributed by atoms with E-state index in [1.807, 2.05) is 49.5 Å². The fourth-order valence-electron chi connectivity index (χ4n) is 2.12. The average Bonchev–Trinajstić information content (AvgIpc) is 2.86. The summed E-state index contributed by atoms with van der Waals surface area (Å²) in [4.78, 5) is 6.33. The zero-order chi connectivity index (χ0) is 13.8. The van der Waals surface area contributed by atoms with E-state index in [0.29, 0.717) is 6.42 Å². The Kier molecular flexibility index (Phi) is 4.22. The highest BCUT2D eigenvalue weighted by Crippen LogP contribution is 2.22. The van der Waals surface area contributed by atoms with Crippen molar-refractivity contribution in [2.45, 2.75) is 26.0 Å². The number of hydrogen-bond acceptors (Lipinski definition) is 3. The van der Waals surface area contributed by atoms with Crippen molar-refractivity contribution in [1.29, 1.82) is 0 Å². The second-order valence-corrected chi connectivity index (χ2v) is 4.84. The molecule has 0 amide bonds. The Labute approximate surface area is 114 Å². The highest BCUT2D eigenvalue weighted by Gasteiger charge is 2.12. The van der Waals surface area contributed by atoms with Gasteiger partial charge in [0.15, 0.2) is 0 Å². The van der Waals surface area contributed by atoms with Gasteiger partial charge in [0, 0.05) is 45.1 Å². The van der Waals surface area contributed by atoms with Gasteiger partial charge in [-0.05, 0) is 24.6 Å². The van der Waals surface area contributed by atoms with Gasteiger partial charge in [-0.3, -0.25) is 0 Å². The molecule has 0 aliphatic rings. The highest BCUT2D eigenvalue weighted by molar-refractivity contribution is 5.47. The minimum atomic E-state index is -0.521. The molecule has 1 unspecified atom stereocenters. The predicted octanol–water partition coefficient (Wildman–Crippen LogP) is 2.25. The SMILES string of the molecule is CCn1ccnc1CC(O)c1cccc(N(C)C)c1. The molecule has 0 saturated carbocycles. The van der Waals surface area contributed by atoms with Gasteiger partial charge in [-0.2, -0.15) is 0 Å². The number of hydrogen-bond donors (Lipinski definition) is 1. The van der Waals surface area contributed by atoms with Crippen LogP contribution in [0.25, 0.3) is 0 Å². The van der Waals surface area contributed by atoms with Gasteiger partial charge >= 0.3 is 0 Å². The smallest absolute Gasteiger partial charge is 0.111 e. The summed E-state index contributed by atoms with van der Waals surface area (Å²) in [6, 6.07) is 7.98. The van der Waals surface area contributed by atoms with Gasteiger partial charge in [-0.1, -0.05) is 12.1 Å². The molecule has 0 bridgehead atoms. The van der Waals surface area contributed by atoms with Gasteiger partial charge in [-0.15, -0.1) is 0 Å². The number of rotatable bonds is 5. The van der Waals surface area contributed by atoms with E-state index in [4.69, 9.17) is 0 Å². The molecule has 0 radical (unpaired) electrons. The number of benzene rings is 1. The van der Waals surface area contributed by atoms with E-state index in [-0.39, 0.29) is 0 Å². The van der Waals surface area contributed by atoms with E-state index in [0.717, 1.165) is 23.6 Å². The molecule has 1 aromatic heterocycles. The van der Waals surface area contributed by atoms with Gasteiger partial charge in [0.05, 0.1) is 6.10 Å². The van der Waals surface area contributed by atoms with Gasteiger partial charge < -0.3 is 14.6 Å². The fraction of sp³-hybridized carbons (Fsp3) is 0.400. The Balaban J connectivity index is 2.15. The molecule has 2 aromatic rings. The summed E-state index contributed by atoms with van der Waals surface area (Å²) in [6.07, 6.45) is 3.74. The van der Waals surface area contributed by atoms with Crippen LogP contribution in [0.1, 0.15) is 24.4 Å². The van der Waals surface area contributed by atoms with Gasteiger partial charge in [0.25, 0.3) is 0 Å². The second-order valence-electron chi connectivity index (χ2n) is 4.84. The third-order valence-corrected chi connectivity index (χ3v) is 3.29. The van der Waals surface area contributed by atoms with Crippen LogP contribution < -0.4 is 4.90 Å². The fourth-order valence-corrected chi connectivity index (χ4v) is 2.12. The number of aromatic nitrogens is 2. The van der Waals surface area contributed by atoms with Crippen molar-refractivity contribution in [2.24, 2.45) is 0 Å². The van der Waals surface area contributed by atoms with E-state index in [2.05, 4.69) is 16.5 Å². The van der Waals surface area contributed by atoms with Crippen molar-refractivity contribution in [3.05, 3.63) is 48.0 Å². The molecule has 0 aliphatic carbocycles. The van der Waals surface area contributed by atoms with Gasteiger partial charge in [0.2, 0.25) is 0 Å². The molecule has 102 valence electrons. The van der Waals surface area contributed by atoms with Crippen LogP contribution in [0.5, 0.6) is 0 Å². The number of aryl methyl sites for hydroxylation is 1. The van der Waals surface area contributed by atoms with Gasteiger partial charge in [-0.25, -0.2) is 4.98 Å². The Morgan fingerprint density at radius 2 is 2.16 bits per heavy atom. The monoisotopic (exact) mass is 259 g/mol. The molecular formula is C15H21N3O. The summed E-state index contributed by atoms with van der Waals surface area (Å²) < 4.78 is 2.05. The van der Waals surface area contributed by atoms with E-state index < -0.39 is 6.10 Å². The van der Waals surface area contributed by atoms with Crippen LogP contribution in [0, 0.1) is 0 Å². The van der Waals surface area contributed by atoms with Crippen LogP contribution in [-0.4, -0.2) is 28.8 Å². The molecule has 1 heterocycles. The van der Waals surface area contributed by atoms with Gasteiger partial charge in [0.1, 0.15) is 5.82 Å². The first-order valence-corrected chi connectivity index (χ1v) is 6.57. The van der Waals surface area contributed by atoms with Crippen molar-refractivity contribution in [2.75, 3.05) is 19.0 Å². The molecule has 0 spiro atoms. The lowest BCUT2D eigenvalue weighted by molar-refractivity contribution is 0.174. The lowest BCUT2D eigenvalue weighted by Crippen LogP contribution is -2.11. The summed E-state index contributed by atoms with van der Waals surface area (Å²) >= 11 is 0. The molecule has 4 nitrogen and oxygen atoms in total. The van der Waals surface area contributed by atoms with Crippen molar-refractivity contribution >= 4 is 5.69 Å². The first-order valence-electron chi connectivity index (χ1n) is 6.57. The van der Waals surface area contributed by atoms with E-state index in [1.165, 1.54) is 0 Å². The summed E-state index contributed by atoms with van der Waals surface area (Å²) in [5, 5.41) is 10.3. The maximum absolute atomic E-state index is 10.3. The average molecular weight is 259 g/mol. The maximum atomic E-state index is 10.3. The Bertz CT molecular complexity index is 534. The van der Waals surface area contributed by atoms with Crippen LogP contribution in [0.4, 0.5) is 5.69 Å². The van der Waals surface area contributed by atoms with E-state index in [1.54, 1.807) is 6.20 Å². The van der Waals surface area contributed by atoms with Crippen molar-refractivity contribution in [3.63, 3.8) is 0 Å². The van der Waals surface area contributed by atoms with E-state index in [9.17, 15) is 5.11 Å². The minimum absolute atomic E-state index is 0.521. The number of nitrogens with zero attached hydrogens (tertiary/aromatic N) is 3. The Hall–Kier alpha value is -1.81. The first kappa shape index (κ1) is 13.6. The molecule has 19 heavy (non-hydrogen) atoms. The molecule has 1 N–H and O–H groups in total. The summed E-state index contributed by atoms with van der Waals surface area (Å²) in [7, 11) is 3.99. The quantitative estimate of drug-likeness (QED) is 0.895. The standard InChI is InChI=1S/C15H21N3O/c1-4-18-9-8-16-15(18)11-14(19)12-6-5-7-13(10-12)17(2)3/h5-10,14,19H,4,11H2,1-3H3. The molecule has 4 heteroatoms. The van der Waals surface area contributed by atoms with Crippen LogP contribution >= 0.6 is 0 Å². The predicted molar refractivity (Wildman–Crippen MR) is 77.3 cm³/mol. The second kappa shape index (κ2) is 5.89. The molecular weight excluding hydrogens is 238 g/mol. The van der Waals surface area contributed by atoms with Crippen molar-refractivity contribution in [1.82, 2.24) is 9.55 Å². The van der Waals surface area contributed by atoms with Crippen LogP contribution in [0.15, 0.2) is 36.7 Å². The van der Waals surface area contributed by atoms with Crippen LogP contribution in [0.3, 0.4) is 0 Å². The summed E-state index contributed by atoms with van der Waals surface area (Å²) in [6.45, 7) is 2.95. The lowest BCUT2D eigenvalue weighted by atomic mass is 10.1. The Morgan fingerprint density at radius 3 is 2.84 bits per heavy atom. The largest absolute Gasteiger partial charge is 0.388 e. The number of imidazole rings is 1. The number of anilines is 1.